The maximum Gasteiger partial charge on any atom is 0.340 e. The third-order valence-electron chi connectivity index (χ3n) is 3.06. The van der Waals surface area contributed by atoms with E-state index in [9.17, 15) is 9.90 Å². The fourth-order valence-electron chi connectivity index (χ4n) is 1.92. The number of nitrogens with zero attached hydrogens (tertiary/aromatic N) is 1. The Morgan fingerprint density at radius 1 is 1.30 bits per heavy atom. The number of ether oxygens (including phenoxy) is 1. The van der Waals surface area contributed by atoms with E-state index in [1.165, 1.54) is 6.20 Å². The summed E-state index contributed by atoms with van der Waals surface area (Å²) in [7, 11) is 0. The largest absolute Gasteiger partial charge is 0.491 e. The van der Waals surface area contributed by atoms with Crippen molar-refractivity contribution in [3.8, 4) is 5.75 Å². The SMILES string of the molecule is CC(C)(C)CCOc1cnc2ccccc2c1C(=O)O. The van der Waals surface area contributed by atoms with Crippen molar-refractivity contribution in [2.45, 2.75) is 27.2 Å². The van der Waals surface area contributed by atoms with Crippen LogP contribution in [0.25, 0.3) is 10.9 Å². The van der Waals surface area contributed by atoms with Crippen molar-refractivity contribution in [3.05, 3.63) is 36.0 Å². The predicted molar refractivity (Wildman–Crippen MR) is 78.3 cm³/mol. The second kappa shape index (κ2) is 5.49. The smallest absolute Gasteiger partial charge is 0.340 e. The number of aromatic carboxylic acids is 1. The van der Waals surface area contributed by atoms with Gasteiger partial charge in [-0.25, -0.2) is 4.79 Å². The van der Waals surface area contributed by atoms with Gasteiger partial charge in [-0.05, 0) is 17.9 Å². The number of carboxylic acid groups (broad SMARTS) is 1. The van der Waals surface area contributed by atoms with Gasteiger partial charge in [0.15, 0.2) is 5.75 Å². The first kappa shape index (κ1) is 14.3. The van der Waals surface area contributed by atoms with Gasteiger partial charge in [0.2, 0.25) is 0 Å². The third-order valence-corrected chi connectivity index (χ3v) is 3.06. The molecule has 1 aromatic carbocycles. The number of hydrogen-bond donors (Lipinski definition) is 1. The zero-order valence-corrected chi connectivity index (χ0v) is 12.0. The van der Waals surface area contributed by atoms with Crippen LogP contribution in [0.3, 0.4) is 0 Å². The molecule has 0 unspecified atom stereocenters. The fourth-order valence-corrected chi connectivity index (χ4v) is 1.92. The first-order valence-corrected chi connectivity index (χ1v) is 6.62. The molecule has 20 heavy (non-hydrogen) atoms. The molecule has 0 aliphatic rings. The lowest BCUT2D eigenvalue weighted by Crippen LogP contribution is -2.13. The molecule has 1 aromatic heterocycles. The topological polar surface area (TPSA) is 59.4 Å². The zero-order valence-electron chi connectivity index (χ0n) is 12.0. The molecule has 0 fully saturated rings. The van der Waals surface area contributed by atoms with Crippen LogP contribution in [0.15, 0.2) is 30.5 Å². The summed E-state index contributed by atoms with van der Waals surface area (Å²) in [5.74, 6) is -0.658. The molecular formula is C16H19NO3. The fraction of sp³-hybridized carbons (Fsp3) is 0.375. The number of para-hydroxylation sites is 1. The Morgan fingerprint density at radius 2 is 2.00 bits per heavy atom. The molecule has 1 N–H and O–H groups in total. The molecule has 0 amide bonds. The van der Waals surface area contributed by atoms with Crippen LogP contribution in [0.2, 0.25) is 0 Å². The van der Waals surface area contributed by atoms with Crippen LogP contribution in [-0.2, 0) is 0 Å². The van der Waals surface area contributed by atoms with E-state index in [2.05, 4.69) is 25.8 Å². The van der Waals surface area contributed by atoms with E-state index in [1.807, 2.05) is 6.07 Å². The van der Waals surface area contributed by atoms with Crippen LogP contribution in [0.5, 0.6) is 5.75 Å². The molecule has 2 rings (SSSR count). The summed E-state index contributed by atoms with van der Waals surface area (Å²) in [6.45, 7) is 6.83. The average molecular weight is 273 g/mol. The van der Waals surface area contributed by atoms with Gasteiger partial charge < -0.3 is 9.84 Å². The molecule has 0 saturated carbocycles. The van der Waals surface area contributed by atoms with Crippen molar-refractivity contribution in [2.24, 2.45) is 5.41 Å². The van der Waals surface area contributed by atoms with E-state index in [0.717, 1.165) is 6.42 Å². The minimum absolute atomic E-state index is 0.146. The van der Waals surface area contributed by atoms with Gasteiger partial charge >= 0.3 is 5.97 Å². The van der Waals surface area contributed by atoms with E-state index in [-0.39, 0.29) is 11.0 Å². The van der Waals surface area contributed by atoms with E-state index >= 15 is 0 Å². The summed E-state index contributed by atoms with van der Waals surface area (Å²) in [6, 6.07) is 7.18. The van der Waals surface area contributed by atoms with Crippen molar-refractivity contribution in [1.82, 2.24) is 4.98 Å². The molecular weight excluding hydrogens is 254 g/mol. The number of hydrogen-bond acceptors (Lipinski definition) is 3. The number of carbonyl (C=O) groups is 1. The van der Waals surface area contributed by atoms with Crippen molar-refractivity contribution in [2.75, 3.05) is 6.61 Å². The van der Waals surface area contributed by atoms with Gasteiger partial charge in [-0.3, -0.25) is 4.98 Å². The van der Waals surface area contributed by atoms with E-state index in [0.29, 0.717) is 23.3 Å². The number of benzene rings is 1. The molecule has 106 valence electrons. The van der Waals surface area contributed by atoms with E-state index in [4.69, 9.17) is 4.74 Å². The normalized spacial score (nSPS) is 11.6. The summed E-state index contributed by atoms with van der Waals surface area (Å²) < 4.78 is 5.64. The minimum Gasteiger partial charge on any atom is -0.491 e. The van der Waals surface area contributed by atoms with Crippen LogP contribution < -0.4 is 4.74 Å². The van der Waals surface area contributed by atoms with Gasteiger partial charge in [0.25, 0.3) is 0 Å². The number of fused-ring (bicyclic) bond motifs is 1. The first-order chi connectivity index (χ1) is 9.38. The Morgan fingerprint density at radius 3 is 2.65 bits per heavy atom. The van der Waals surface area contributed by atoms with Gasteiger partial charge in [-0.15, -0.1) is 0 Å². The summed E-state index contributed by atoms with van der Waals surface area (Å²) in [4.78, 5) is 15.7. The highest BCUT2D eigenvalue weighted by molar-refractivity contribution is 6.04. The minimum atomic E-state index is -0.991. The lowest BCUT2D eigenvalue weighted by molar-refractivity contribution is 0.0694. The van der Waals surface area contributed by atoms with Crippen molar-refractivity contribution >= 4 is 16.9 Å². The Kier molecular flexibility index (Phi) is 3.93. The van der Waals surface area contributed by atoms with Crippen LogP contribution in [0.4, 0.5) is 0 Å². The molecule has 4 heteroatoms. The molecule has 0 spiro atoms. The van der Waals surface area contributed by atoms with Gasteiger partial charge in [0.1, 0.15) is 5.56 Å². The lowest BCUT2D eigenvalue weighted by atomic mass is 9.93. The highest BCUT2D eigenvalue weighted by atomic mass is 16.5. The van der Waals surface area contributed by atoms with Crippen molar-refractivity contribution in [1.29, 1.82) is 0 Å². The molecule has 0 bridgehead atoms. The van der Waals surface area contributed by atoms with E-state index < -0.39 is 5.97 Å². The Labute approximate surface area is 118 Å². The number of rotatable bonds is 4. The Hall–Kier alpha value is -2.10. The Balaban J connectivity index is 2.33. The molecule has 2 aromatic rings. The summed E-state index contributed by atoms with van der Waals surface area (Å²) in [5, 5.41) is 10.0. The molecule has 0 aliphatic carbocycles. The van der Waals surface area contributed by atoms with Crippen LogP contribution in [0, 0.1) is 5.41 Å². The molecule has 0 radical (unpaired) electrons. The highest BCUT2D eigenvalue weighted by Crippen LogP contribution is 2.27. The molecule has 0 saturated heterocycles. The summed E-state index contributed by atoms with van der Waals surface area (Å²) in [5.41, 5.74) is 0.991. The standard InChI is InChI=1S/C16H19NO3/c1-16(2,3)8-9-20-13-10-17-12-7-5-4-6-11(12)14(13)15(18)19/h4-7,10H,8-9H2,1-3H3,(H,18,19). The van der Waals surface area contributed by atoms with Crippen molar-refractivity contribution in [3.63, 3.8) is 0 Å². The predicted octanol–water partition coefficient (Wildman–Crippen LogP) is 3.75. The summed E-state index contributed by atoms with van der Waals surface area (Å²) >= 11 is 0. The van der Waals surface area contributed by atoms with Gasteiger partial charge in [0.05, 0.1) is 18.3 Å². The lowest BCUT2D eigenvalue weighted by Gasteiger charge is -2.18. The third kappa shape index (κ3) is 3.26. The van der Waals surface area contributed by atoms with Gasteiger partial charge in [-0.1, -0.05) is 39.0 Å². The number of carboxylic acids is 1. The monoisotopic (exact) mass is 273 g/mol. The summed E-state index contributed by atoms with van der Waals surface area (Å²) in [6.07, 6.45) is 2.34. The maximum atomic E-state index is 11.5. The Bertz CT molecular complexity index is 629. The average Bonchev–Trinajstić information content (AvgIpc) is 2.36. The van der Waals surface area contributed by atoms with Crippen molar-refractivity contribution < 1.29 is 14.6 Å². The van der Waals surface area contributed by atoms with Gasteiger partial charge in [0, 0.05) is 5.39 Å². The highest BCUT2D eigenvalue weighted by Gasteiger charge is 2.17. The van der Waals surface area contributed by atoms with Gasteiger partial charge in [-0.2, -0.15) is 0 Å². The molecule has 4 nitrogen and oxygen atoms in total. The van der Waals surface area contributed by atoms with Crippen LogP contribution in [0.1, 0.15) is 37.6 Å². The molecule has 0 aliphatic heterocycles. The second-order valence-electron chi connectivity index (χ2n) is 5.98. The maximum absolute atomic E-state index is 11.5. The molecule has 0 atom stereocenters. The number of aromatic nitrogens is 1. The second-order valence-corrected chi connectivity index (χ2v) is 5.98. The first-order valence-electron chi connectivity index (χ1n) is 6.62. The van der Waals surface area contributed by atoms with Crippen LogP contribution in [-0.4, -0.2) is 22.7 Å². The van der Waals surface area contributed by atoms with E-state index in [1.54, 1.807) is 18.2 Å². The quantitative estimate of drug-likeness (QED) is 0.921. The molecule has 1 heterocycles. The zero-order chi connectivity index (χ0) is 14.8. The van der Waals surface area contributed by atoms with Crippen LogP contribution >= 0.6 is 0 Å². The number of pyridine rings is 1.